The first-order valence-electron chi connectivity index (χ1n) is 12.7. The number of carbonyl (C=O) groups is 2. The number of Topliss-reactive ketones (excluding diaryl/α,β-unsaturated/α-hetero) is 1. The van der Waals surface area contributed by atoms with E-state index in [-0.39, 0.29) is 35.5 Å². The number of carbonyl (C=O) groups excluding carboxylic acids is 2. The smallest absolute Gasteiger partial charge is 0.281 e. The van der Waals surface area contributed by atoms with Crippen LogP contribution in [0, 0.1) is 33.6 Å². The second-order valence-corrected chi connectivity index (χ2v) is 11.8. The van der Waals surface area contributed by atoms with Crippen LogP contribution in [0.2, 0.25) is 0 Å². The Morgan fingerprint density at radius 3 is 2.21 bits per heavy atom. The maximum atomic E-state index is 13.3. The van der Waals surface area contributed by atoms with Crippen molar-refractivity contribution in [2.45, 2.75) is 71.2 Å². The van der Waals surface area contributed by atoms with Gasteiger partial charge in [0.2, 0.25) is 5.88 Å². The summed E-state index contributed by atoms with van der Waals surface area (Å²) in [6, 6.07) is 11.8. The van der Waals surface area contributed by atoms with Gasteiger partial charge in [-0.3, -0.25) is 9.59 Å². The van der Waals surface area contributed by atoms with E-state index in [1.165, 1.54) is 6.07 Å². The number of nitrogens with one attached hydrogen (secondary N) is 1. The fourth-order valence-electron chi connectivity index (χ4n) is 5.05. The quantitative estimate of drug-likeness (QED) is 0.409. The molecule has 8 nitrogen and oxygen atoms in total. The molecular weight excluding hydrogens is 502 g/mol. The van der Waals surface area contributed by atoms with Crippen LogP contribution in [0.3, 0.4) is 0 Å². The third kappa shape index (κ3) is 6.10. The van der Waals surface area contributed by atoms with Crippen LogP contribution in [0.1, 0.15) is 78.4 Å². The normalized spacial score (nSPS) is 17.6. The monoisotopic (exact) mass is 537 g/mol. The van der Waals surface area contributed by atoms with Gasteiger partial charge in [0, 0.05) is 24.7 Å². The van der Waals surface area contributed by atoms with Gasteiger partial charge in [-0.15, -0.1) is 0 Å². The first-order valence-corrected chi connectivity index (χ1v) is 14.2. The molecule has 0 saturated heterocycles. The highest BCUT2D eigenvalue weighted by Gasteiger charge is 2.28. The summed E-state index contributed by atoms with van der Waals surface area (Å²) in [5.41, 5.74) is 4.09. The number of nitrogens with zero attached hydrogens (tertiary/aromatic N) is 2. The molecule has 1 aliphatic carbocycles. The molecule has 1 fully saturated rings. The van der Waals surface area contributed by atoms with E-state index in [1.807, 2.05) is 32.9 Å². The molecule has 0 unspecified atom stereocenters. The number of ketones is 1. The average Bonchev–Trinajstić information content (AvgIpc) is 2.86. The van der Waals surface area contributed by atoms with E-state index in [2.05, 4.69) is 9.71 Å². The predicted octanol–water partition coefficient (Wildman–Crippen LogP) is 5.73. The van der Waals surface area contributed by atoms with Crippen molar-refractivity contribution >= 4 is 21.7 Å². The zero-order valence-electron chi connectivity index (χ0n) is 22.4. The number of pyridine rings is 2. The molecule has 1 saturated carbocycles. The summed E-state index contributed by atoms with van der Waals surface area (Å²) in [4.78, 5) is 33.9. The highest BCUT2D eigenvalue weighted by Crippen LogP contribution is 2.38. The summed E-state index contributed by atoms with van der Waals surface area (Å²) in [6.07, 6.45) is 3.19. The van der Waals surface area contributed by atoms with Crippen molar-refractivity contribution in [1.29, 1.82) is 0 Å². The molecule has 1 aromatic carbocycles. The summed E-state index contributed by atoms with van der Waals surface area (Å²) < 4.78 is 34.2. The summed E-state index contributed by atoms with van der Waals surface area (Å²) >= 11 is 0. The lowest BCUT2D eigenvalue weighted by Crippen LogP contribution is -2.31. The van der Waals surface area contributed by atoms with Crippen LogP contribution in [-0.4, -0.2) is 30.1 Å². The molecular formula is C29H35N3O5S. The van der Waals surface area contributed by atoms with E-state index < -0.39 is 15.9 Å². The molecule has 202 valence electrons. The summed E-state index contributed by atoms with van der Waals surface area (Å²) in [5, 5.41) is -0.245. The minimum absolute atomic E-state index is 0. The Kier molecular flexibility index (Phi) is 7.97. The molecule has 0 atom stereocenters. The number of hydrogen-bond donors (Lipinski definition) is 1. The van der Waals surface area contributed by atoms with E-state index in [4.69, 9.17) is 9.72 Å². The first-order chi connectivity index (χ1) is 17.9. The molecule has 0 spiro atoms. The van der Waals surface area contributed by atoms with Crippen LogP contribution in [0.5, 0.6) is 11.6 Å². The Bertz CT molecular complexity index is 1480. The number of sulfonamides is 1. The molecule has 4 rings (SSSR count). The fourth-order valence-corrected chi connectivity index (χ4v) is 6.03. The maximum absolute atomic E-state index is 13.3. The Morgan fingerprint density at radius 1 is 0.947 bits per heavy atom. The molecule has 3 aromatic rings. The standard InChI is InChI=1S/C29H33N3O5S.H2/c1-17-15-18(2)27(19(3)16-17)37-29-24(28(34)32-38(35,36)26-8-6-7-20(4)30-26)13-14-25(31-29)23-11-9-22(10-12-23)21(5)33;/h6-8,13-16,22-23H,9-12H2,1-5H3,(H,32,34);1H. The van der Waals surface area contributed by atoms with Gasteiger partial charge in [0.15, 0.2) is 5.03 Å². The fraction of sp³-hybridized carbons (Fsp3) is 0.379. The number of amides is 1. The van der Waals surface area contributed by atoms with E-state index in [0.29, 0.717) is 11.4 Å². The maximum Gasteiger partial charge on any atom is 0.281 e. The topological polar surface area (TPSA) is 115 Å². The Labute approximate surface area is 225 Å². The van der Waals surface area contributed by atoms with Crippen LogP contribution in [0.15, 0.2) is 47.5 Å². The Balaban J connectivity index is 0.00000420. The molecule has 1 N–H and O–H groups in total. The van der Waals surface area contributed by atoms with E-state index in [0.717, 1.165) is 48.1 Å². The summed E-state index contributed by atoms with van der Waals surface area (Å²) in [5.74, 6) is 0.150. The van der Waals surface area contributed by atoms with Gasteiger partial charge in [0.1, 0.15) is 17.1 Å². The molecule has 1 amide bonds. The largest absolute Gasteiger partial charge is 0.438 e. The SMILES string of the molecule is CC(=O)C1CCC(c2ccc(C(=O)NS(=O)(=O)c3cccc(C)n3)c(Oc3c(C)cc(C)cc3C)n2)CC1.[HH]. The first kappa shape index (κ1) is 27.4. The zero-order valence-corrected chi connectivity index (χ0v) is 23.2. The molecule has 38 heavy (non-hydrogen) atoms. The molecule has 2 heterocycles. The highest BCUT2D eigenvalue weighted by atomic mass is 32.2. The number of ether oxygens (including phenoxy) is 1. The minimum Gasteiger partial charge on any atom is -0.438 e. The number of aromatic nitrogens is 2. The highest BCUT2D eigenvalue weighted by molar-refractivity contribution is 7.90. The van der Waals surface area contributed by atoms with Gasteiger partial charge >= 0.3 is 0 Å². The zero-order chi connectivity index (χ0) is 27.6. The van der Waals surface area contributed by atoms with E-state index in [9.17, 15) is 18.0 Å². The van der Waals surface area contributed by atoms with Crippen LogP contribution in [0.4, 0.5) is 0 Å². The molecule has 0 aliphatic heterocycles. The van der Waals surface area contributed by atoms with Gasteiger partial charge in [-0.25, -0.2) is 14.7 Å². The van der Waals surface area contributed by atoms with Crippen molar-refractivity contribution in [3.8, 4) is 11.6 Å². The molecule has 9 heteroatoms. The number of hydrogen-bond acceptors (Lipinski definition) is 7. The summed E-state index contributed by atoms with van der Waals surface area (Å²) in [6.45, 7) is 9.12. The van der Waals surface area contributed by atoms with Crippen LogP contribution in [-0.2, 0) is 14.8 Å². The Hall–Kier alpha value is -3.59. The van der Waals surface area contributed by atoms with E-state index >= 15 is 0 Å². The van der Waals surface area contributed by atoms with Gasteiger partial charge < -0.3 is 4.74 Å². The van der Waals surface area contributed by atoms with Gasteiger partial charge in [0.25, 0.3) is 15.9 Å². The van der Waals surface area contributed by atoms with Crippen LogP contribution >= 0.6 is 0 Å². The third-order valence-corrected chi connectivity index (χ3v) is 8.25. The van der Waals surface area contributed by atoms with Crippen LogP contribution < -0.4 is 9.46 Å². The van der Waals surface area contributed by atoms with E-state index in [1.54, 1.807) is 38.1 Å². The second-order valence-electron chi connectivity index (χ2n) is 10.1. The van der Waals surface area contributed by atoms with Crippen molar-refractivity contribution in [3.63, 3.8) is 0 Å². The molecule has 2 aromatic heterocycles. The summed E-state index contributed by atoms with van der Waals surface area (Å²) in [7, 11) is -4.21. The van der Waals surface area contributed by atoms with Crippen molar-refractivity contribution in [2.24, 2.45) is 5.92 Å². The number of benzene rings is 1. The predicted molar refractivity (Wildman–Crippen MR) is 146 cm³/mol. The number of aryl methyl sites for hydroxylation is 4. The van der Waals surface area contributed by atoms with Gasteiger partial charge in [-0.2, -0.15) is 8.42 Å². The average molecular weight is 538 g/mol. The van der Waals surface area contributed by atoms with Crippen molar-refractivity contribution in [1.82, 2.24) is 14.7 Å². The lowest BCUT2D eigenvalue weighted by atomic mass is 9.79. The molecule has 0 radical (unpaired) electrons. The molecule has 1 aliphatic rings. The Morgan fingerprint density at radius 2 is 1.61 bits per heavy atom. The second kappa shape index (κ2) is 11.0. The van der Waals surface area contributed by atoms with Crippen molar-refractivity contribution in [2.75, 3.05) is 0 Å². The van der Waals surface area contributed by atoms with Gasteiger partial charge in [0.05, 0.1) is 0 Å². The third-order valence-electron chi connectivity index (χ3n) is 7.02. The van der Waals surface area contributed by atoms with Crippen LogP contribution in [0.25, 0.3) is 0 Å². The number of rotatable bonds is 7. The molecule has 0 bridgehead atoms. The van der Waals surface area contributed by atoms with Gasteiger partial charge in [-0.05, 0) is 95.7 Å². The lowest BCUT2D eigenvalue weighted by Gasteiger charge is -2.27. The van der Waals surface area contributed by atoms with Crippen molar-refractivity contribution < 1.29 is 24.2 Å². The minimum atomic E-state index is -4.21. The van der Waals surface area contributed by atoms with Crippen molar-refractivity contribution in [3.05, 3.63) is 76.1 Å². The van der Waals surface area contributed by atoms with Gasteiger partial charge in [-0.1, -0.05) is 23.8 Å². The lowest BCUT2D eigenvalue weighted by molar-refractivity contribution is -0.121.